The molecule has 0 atom stereocenters. The van der Waals surface area contributed by atoms with E-state index in [2.05, 4.69) is 28.1 Å². The molecular formula is C10H6BBr. The lowest BCUT2D eigenvalue weighted by Crippen LogP contribution is -2.05. The summed E-state index contributed by atoms with van der Waals surface area (Å²) in [6.45, 7) is 0. The third-order valence-electron chi connectivity index (χ3n) is 1.92. The number of fused-ring (bicyclic) bond motifs is 1. The lowest BCUT2D eigenvalue weighted by atomic mass is 9.90. The number of halogens is 1. The van der Waals surface area contributed by atoms with Gasteiger partial charge in [0.05, 0.1) is 0 Å². The maximum atomic E-state index is 5.87. The smallest absolute Gasteiger partial charge is 0.0750 e. The Morgan fingerprint density at radius 2 is 1.75 bits per heavy atom. The van der Waals surface area contributed by atoms with E-state index in [0.29, 0.717) is 0 Å². The molecule has 0 aliphatic heterocycles. The summed E-state index contributed by atoms with van der Waals surface area (Å²) in [6.07, 6.45) is 0. The van der Waals surface area contributed by atoms with Gasteiger partial charge in [0.25, 0.3) is 0 Å². The highest BCUT2D eigenvalue weighted by Gasteiger charge is 1.98. The summed E-state index contributed by atoms with van der Waals surface area (Å²) < 4.78 is 0.959. The third kappa shape index (κ3) is 1.16. The highest BCUT2D eigenvalue weighted by atomic mass is 79.9. The van der Waals surface area contributed by atoms with Crippen molar-refractivity contribution in [2.24, 2.45) is 0 Å². The van der Waals surface area contributed by atoms with Crippen molar-refractivity contribution in [3.8, 4) is 0 Å². The van der Waals surface area contributed by atoms with Crippen molar-refractivity contribution in [3.63, 3.8) is 0 Å². The van der Waals surface area contributed by atoms with Gasteiger partial charge in [-0.1, -0.05) is 51.7 Å². The SMILES string of the molecule is [B]c1c(Br)ccc2ccccc12. The molecule has 0 nitrogen and oxygen atoms in total. The zero-order valence-electron chi connectivity index (χ0n) is 6.42. The van der Waals surface area contributed by atoms with Gasteiger partial charge in [0, 0.05) is 4.47 Å². The standard InChI is InChI=1S/C10H6BBr/c11-10-8-4-2-1-3-7(8)5-6-9(10)12/h1-6H. The summed E-state index contributed by atoms with van der Waals surface area (Å²) >= 11 is 3.39. The lowest BCUT2D eigenvalue weighted by Gasteiger charge is -2.03. The highest BCUT2D eigenvalue weighted by molar-refractivity contribution is 9.10. The summed E-state index contributed by atoms with van der Waals surface area (Å²) in [6, 6.07) is 12.1. The van der Waals surface area contributed by atoms with Crippen LogP contribution in [-0.2, 0) is 0 Å². The first kappa shape index (κ1) is 7.87. The van der Waals surface area contributed by atoms with Crippen LogP contribution in [0, 0.1) is 0 Å². The summed E-state index contributed by atoms with van der Waals surface area (Å²) in [7, 11) is 5.87. The highest BCUT2D eigenvalue weighted by Crippen LogP contribution is 2.15. The zero-order chi connectivity index (χ0) is 8.55. The number of hydrogen-bond acceptors (Lipinski definition) is 0. The summed E-state index contributed by atoms with van der Waals surface area (Å²) in [5, 5.41) is 2.28. The third-order valence-corrected chi connectivity index (χ3v) is 2.61. The molecule has 0 amide bonds. The minimum atomic E-state index is 0.813. The second-order valence-corrected chi connectivity index (χ2v) is 3.54. The average molecular weight is 217 g/mol. The van der Waals surface area contributed by atoms with Gasteiger partial charge >= 0.3 is 0 Å². The summed E-state index contributed by atoms with van der Waals surface area (Å²) in [4.78, 5) is 0. The molecule has 0 saturated carbocycles. The first-order chi connectivity index (χ1) is 5.79. The van der Waals surface area contributed by atoms with E-state index < -0.39 is 0 Å². The van der Waals surface area contributed by atoms with E-state index in [1.165, 1.54) is 5.39 Å². The second-order valence-electron chi connectivity index (χ2n) is 2.68. The molecule has 0 heterocycles. The van der Waals surface area contributed by atoms with Gasteiger partial charge in [-0.05, 0) is 16.8 Å². The van der Waals surface area contributed by atoms with Crippen LogP contribution in [0.2, 0.25) is 0 Å². The molecule has 56 valence electrons. The molecule has 0 unspecified atom stereocenters. The molecule has 2 radical (unpaired) electrons. The fourth-order valence-electron chi connectivity index (χ4n) is 1.27. The minimum absolute atomic E-state index is 0.813. The second kappa shape index (κ2) is 2.94. The fourth-order valence-corrected chi connectivity index (χ4v) is 1.61. The first-order valence-corrected chi connectivity index (χ1v) is 4.51. The number of rotatable bonds is 0. The van der Waals surface area contributed by atoms with E-state index in [4.69, 9.17) is 7.85 Å². The predicted molar refractivity (Wildman–Crippen MR) is 57.0 cm³/mol. The number of hydrogen-bond donors (Lipinski definition) is 0. The van der Waals surface area contributed by atoms with E-state index in [9.17, 15) is 0 Å². The molecule has 0 aliphatic carbocycles. The van der Waals surface area contributed by atoms with E-state index >= 15 is 0 Å². The van der Waals surface area contributed by atoms with Crippen LogP contribution < -0.4 is 5.46 Å². The van der Waals surface area contributed by atoms with E-state index in [1.807, 2.05) is 24.3 Å². The van der Waals surface area contributed by atoms with Gasteiger partial charge in [-0.15, -0.1) is 0 Å². The quantitative estimate of drug-likeness (QED) is 0.594. The first-order valence-electron chi connectivity index (χ1n) is 3.72. The van der Waals surface area contributed by atoms with E-state index in [-0.39, 0.29) is 0 Å². The molecule has 0 aliphatic rings. The van der Waals surface area contributed by atoms with Gasteiger partial charge in [0.1, 0.15) is 7.85 Å². The minimum Gasteiger partial charge on any atom is -0.0750 e. The van der Waals surface area contributed by atoms with Crippen molar-refractivity contribution in [1.82, 2.24) is 0 Å². The average Bonchev–Trinajstić information content (AvgIpc) is 2.12. The van der Waals surface area contributed by atoms with Gasteiger partial charge in [-0.3, -0.25) is 0 Å². The monoisotopic (exact) mass is 216 g/mol. The maximum absolute atomic E-state index is 5.87. The van der Waals surface area contributed by atoms with Crippen molar-refractivity contribution in [3.05, 3.63) is 40.9 Å². The van der Waals surface area contributed by atoms with Crippen molar-refractivity contribution in [2.75, 3.05) is 0 Å². The van der Waals surface area contributed by atoms with E-state index in [1.54, 1.807) is 0 Å². The Bertz CT molecular complexity index is 423. The number of benzene rings is 2. The van der Waals surface area contributed by atoms with Crippen molar-refractivity contribution in [2.45, 2.75) is 0 Å². The molecule has 0 N–H and O–H groups in total. The van der Waals surface area contributed by atoms with Crippen LogP contribution in [0.15, 0.2) is 40.9 Å². The van der Waals surface area contributed by atoms with Gasteiger partial charge in [0.2, 0.25) is 0 Å². The maximum Gasteiger partial charge on any atom is 0.116 e. The Balaban J connectivity index is 2.91. The Labute approximate surface area is 81.1 Å². The summed E-state index contributed by atoms with van der Waals surface area (Å²) in [5.74, 6) is 0. The van der Waals surface area contributed by atoms with Crippen LogP contribution in [0.1, 0.15) is 0 Å². The van der Waals surface area contributed by atoms with Gasteiger partial charge in [-0.25, -0.2) is 0 Å². The van der Waals surface area contributed by atoms with Crippen molar-refractivity contribution in [1.29, 1.82) is 0 Å². The Kier molecular flexibility index (Phi) is 1.93. The topological polar surface area (TPSA) is 0 Å². The van der Waals surface area contributed by atoms with Crippen LogP contribution in [0.4, 0.5) is 0 Å². The van der Waals surface area contributed by atoms with Gasteiger partial charge in [-0.2, -0.15) is 0 Å². The fraction of sp³-hybridized carbons (Fsp3) is 0. The van der Waals surface area contributed by atoms with E-state index in [0.717, 1.165) is 15.3 Å². The molecule has 0 bridgehead atoms. The Hall–Kier alpha value is -0.755. The van der Waals surface area contributed by atoms with Crippen LogP contribution in [0.3, 0.4) is 0 Å². The molecule has 0 spiro atoms. The molecular weight excluding hydrogens is 211 g/mol. The Morgan fingerprint density at radius 3 is 2.58 bits per heavy atom. The molecule has 2 heteroatoms. The predicted octanol–water partition coefficient (Wildman–Crippen LogP) is 2.40. The Morgan fingerprint density at radius 1 is 1.00 bits per heavy atom. The molecule has 2 aromatic rings. The molecule has 12 heavy (non-hydrogen) atoms. The van der Waals surface area contributed by atoms with Crippen molar-refractivity contribution >= 4 is 40.0 Å². The van der Waals surface area contributed by atoms with Crippen LogP contribution in [0.5, 0.6) is 0 Å². The molecule has 2 aromatic carbocycles. The normalized spacial score (nSPS) is 10.4. The van der Waals surface area contributed by atoms with Crippen molar-refractivity contribution < 1.29 is 0 Å². The lowest BCUT2D eigenvalue weighted by molar-refractivity contribution is 1.75. The van der Waals surface area contributed by atoms with Crippen LogP contribution in [-0.4, -0.2) is 7.85 Å². The van der Waals surface area contributed by atoms with Gasteiger partial charge in [0.15, 0.2) is 0 Å². The van der Waals surface area contributed by atoms with Crippen LogP contribution >= 0.6 is 15.9 Å². The van der Waals surface area contributed by atoms with Gasteiger partial charge < -0.3 is 0 Å². The largest absolute Gasteiger partial charge is 0.116 e. The van der Waals surface area contributed by atoms with Crippen LogP contribution in [0.25, 0.3) is 10.8 Å². The molecule has 0 aromatic heterocycles. The zero-order valence-corrected chi connectivity index (χ0v) is 8.01. The molecule has 0 fully saturated rings. The molecule has 0 saturated heterocycles. The molecule has 2 rings (SSSR count). The summed E-state index contributed by atoms with van der Waals surface area (Å²) in [5.41, 5.74) is 0.813.